The molecule has 2 heterocycles. The minimum Gasteiger partial charge on any atom is -0.481 e. The highest BCUT2D eigenvalue weighted by Gasteiger charge is 2.35. The number of carboxylic acids is 1. The molecule has 2 N–H and O–H groups in total. The summed E-state index contributed by atoms with van der Waals surface area (Å²) in [5, 5.41) is 12.4. The van der Waals surface area contributed by atoms with E-state index in [1.807, 2.05) is 23.8 Å². The number of piperidine rings is 2. The summed E-state index contributed by atoms with van der Waals surface area (Å²) in [6.45, 7) is 4.41. The van der Waals surface area contributed by atoms with Gasteiger partial charge in [-0.15, -0.1) is 0 Å². The second kappa shape index (κ2) is 6.43. The molecule has 20 heavy (non-hydrogen) atoms. The van der Waals surface area contributed by atoms with Crippen LogP contribution in [0.5, 0.6) is 0 Å². The normalized spacial score (nSPS) is 28.2. The van der Waals surface area contributed by atoms with Crippen LogP contribution in [-0.2, 0) is 4.79 Å². The van der Waals surface area contributed by atoms with Gasteiger partial charge in [0.25, 0.3) is 0 Å². The summed E-state index contributed by atoms with van der Waals surface area (Å²) < 4.78 is 0. The zero-order valence-corrected chi connectivity index (χ0v) is 12.3. The van der Waals surface area contributed by atoms with Crippen LogP contribution in [0, 0.1) is 5.92 Å². The first kappa shape index (κ1) is 15.1. The summed E-state index contributed by atoms with van der Waals surface area (Å²) >= 11 is 0. The molecule has 2 aliphatic rings. The molecule has 0 aromatic carbocycles. The summed E-state index contributed by atoms with van der Waals surface area (Å²) in [5.74, 6) is -1.05. The molecule has 2 rings (SSSR count). The number of rotatable bonds is 2. The molecule has 0 aromatic rings. The molecule has 0 bridgehead atoms. The highest BCUT2D eigenvalue weighted by Crippen LogP contribution is 2.25. The molecule has 0 spiro atoms. The second-order valence-corrected chi connectivity index (χ2v) is 5.98. The number of carbonyl (C=O) groups excluding carboxylic acids is 1. The van der Waals surface area contributed by atoms with Crippen molar-refractivity contribution in [3.63, 3.8) is 0 Å². The fourth-order valence-corrected chi connectivity index (χ4v) is 3.23. The van der Waals surface area contributed by atoms with Crippen LogP contribution in [0.1, 0.15) is 32.6 Å². The minimum absolute atomic E-state index is 0.00140. The first-order valence-corrected chi connectivity index (χ1v) is 7.47. The SMILES string of the molecule is CC1CC(C(=O)O)CCN1C(=O)N(C)C1CCNCC1. The standard InChI is InChI=1S/C14H25N3O3/c1-10-9-11(13(18)19)5-8-17(10)14(20)16(2)12-3-6-15-7-4-12/h10-12,15H,3-9H2,1-2H3,(H,18,19). The van der Waals surface area contributed by atoms with E-state index in [-0.39, 0.29) is 18.0 Å². The van der Waals surface area contributed by atoms with Crippen molar-refractivity contribution in [3.05, 3.63) is 0 Å². The highest BCUT2D eigenvalue weighted by atomic mass is 16.4. The zero-order valence-electron chi connectivity index (χ0n) is 12.3. The van der Waals surface area contributed by atoms with Crippen molar-refractivity contribution < 1.29 is 14.7 Å². The summed E-state index contributed by atoms with van der Waals surface area (Å²) in [5.41, 5.74) is 0. The van der Waals surface area contributed by atoms with Crippen LogP contribution in [0.2, 0.25) is 0 Å². The third kappa shape index (κ3) is 3.23. The van der Waals surface area contributed by atoms with Gasteiger partial charge in [-0.1, -0.05) is 0 Å². The van der Waals surface area contributed by atoms with Gasteiger partial charge in [0, 0.05) is 25.7 Å². The van der Waals surface area contributed by atoms with Gasteiger partial charge in [-0.2, -0.15) is 0 Å². The smallest absolute Gasteiger partial charge is 0.320 e. The van der Waals surface area contributed by atoms with Crippen molar-refractivity contribution in [2.24, 2.45) is 5.92 Å². The molecule has 2 atom stereocenters. The van der Waals surface area contributed by atoms with E-state index < -0.39 is 5.97 Å². The first-order valence-electron chi connectivity index (χ1n) is 7.47. The lowest BCUT2D eigenvalue weighted by Crippen LogP contribution is -2.54. The molecule has 0 radical (unpaired) electrons. The third-order valence-electron chi connectivity index (χ3n) is 4.63. The van der Waals surface area contributed by atoms with E-state index in [1.165, 1.54) is 0 Å². The van der Waals surface area contributed by atoms with Gasteiger partial charge in [0.05, 0.1) is 5.92 Å². The maximum atomic E-state index is 12.6. The number of urea groups is 1. The average molecular weight is 283 g/mol. The Labute approximate surface area is 120 Å². The zero-order chi connectivity index (χ0) is 14.7. The van der Waals surface area contributed by atoms with Crippen LogP contribution in [0.25, 0.3) is 0 Å². The number of carbonyl (C=O) groups is 2. The molecule has 2 unspecified atom stereocenters. The lowest BCUT2D eigenvalue weighted by atomic mass is 9.92. The van der Waals surface area contributed by atoms with Crippen molar-refractivity contribution in [3.8, 4) is 0 Å². The monoisotopic (exact) mass is 283 g/mol. The van der Waals surface area contributed by atoms with E-state index in [1.54, 1.807) is 0 Å². The molecule has 2 fully saturated rings. The van der Waals surface area contributed by atoms with Gasteiger partial charge in [0.2, 0.25) is 0 Å². The Morgan fingerprint density at radius 3 is 2.45 bits per heavy atom. The molecule has 2 aliphatic heterocycles. The quantitative estimate of drug-likeness (QED) is 0.792. The molecule has 114 valence electrons. The van der Waals surface area contributed by atoms with Crippen molar-refractivity contribution in [1.29, 1.82) is 0 Å². The molecule has 6 heteroatoms. The van der Waals surface area contributed by atoms with E-state index in [9.17, 15) is 9.59 Å². The predicted molar refractivity (Wildman–Crippen MR) is 75.6 cm³/mol. The number of amides is 2. The predicted octanol–water partition coefficient (Wildman–Crippen LogP) is 0.975. The molecule has 0 aromatic heterocycles. The van der Waals surface area contributed by atoms with E-state index in [2.05, 4.69) is 5.32 Å². The van der Waals surface area contributed by atoms with Crippen LogP contribution in [0.15, 0.2) is 0 Å². The Balaban J connectivity index is 1.93. The molecular formula is C14H25N3O3. The van der Waals surface area contributed by atoms with Gasteiger partial charge < -0.3 is 20.2 Å². The molecule has 0 saturated carbocycles. The van der Waals surface area contributed by atoms with Crippen molar-refractivity contribution in [1.82, 2.24) is 15.1 Å². The molecule has 2 amide bonds. The largest absolute Gasteiger partial charge is 0.481 e. The second-order valence-electron chi connectivity index (χ2n) is 5.98. The van der Waals surface area contributed by atoms with Crippen LogP contribution in [0.3, 0.4) is 0 Å². The summed E-state index contributed by atoms with van der Waals surface area (Å²) in [4.78, 5) is 27.3. The number of nitrogens with one attached hydrogen (secondary N) is 1. The number of nitrogens with zero attached hydrogens (tertiary/aromatic N) is 2. The van der Waals surface area contributed by atoms with Gasteiger partial charge in [-0.3, -0.25) is 4.79 Å². The Hall–Kier alpha value is -1.30. The number of hydrogen-bond acceptors (Lipinski definition) is 3. The number of hydrogen-bond donors (Lipinski definition) is 2. The van der Waals surface area contributed by atoms with Gasteiger partial charge >= 0.3 is 12.0 Å². The van der Waals surface area contributed by atoms with Crippen LogP contribution in [0.4, 0.5) is 4.79 Å². The Kier molecular flexibility index (Phi) is 4.86. The maximum Gasteiger partial charge on any atom is 0.320 e. The summed E-state index contributed by atoms with van der Waals surface area (Å²) in [6.07, 6.45) is 3.09. The van der Waals surface area contributed by atoms with Crippen molar-refractivity contribution >= 4 is 12.0 Å². The van der Waals surface area contributed by atoms with E-state index >= 15 is 0 Å². The molecule has 2 saturated heterocycles. The van der Waals surface area contributed by atoms with Crippen molar-refractivity contribution in [2.75, 3.05) is 26.7 Å². The highest BCUT2D eigenvalue weighted by molar-refractivity contribution is 5.76. The van der Waals surface area contributed by atoms with E-state index in [4.69, 9.17) is 5.11 Å². The Morgan fingerprint density at radius 1 is 1.25 bits per heavy atom. The molecular weight excluding hydrogens is 258 g/mol. The van der Waals surface area contributed by atoms with Gasteiger partial charge in [-0.25, -0.2) is 4.79 Å². The first-order chi connectivity index (χ1) is 9.50. The topological polar surface area (TPSA) is 72.9 Å². The van der Waals surface area contributed by atoms with Gasteiger partial charge in [0.1, 0.15) is 0 Å². The fraction of sp³-hybridized carbons (Fsp3) is 0.857. The fourth-order valence-electron chi connectivity index (χ4n) is 3.23. The van der Waals surface area contributed by atoms with Crippen LogP contribution in [-0.4, -0.2) is 65.7 Å². The number of carboxylic acid groups (broad SMARTS) is 1. The molecule has 0 aliphatic carbocycles. The number of likely N-dealkylation sites (tertiary alicyclic amines) is 1. The van der Waals surface area contributed by atoms with E-state index in [0.717, 1.165) is 25.9 Å². The summed E-state index contributed by atoms with van der Waals surface area (Å²) in [7, 11) is 1.87. The summed E-state index contributed by atoms with van der Waals surface area (Å²) in [6, 6.07) is 0.350. The molecule has 6 nitrogen and oxygen atoms in total. The van der Waals surface area contributed by atoms with Crippen LogP contribution < -0.4 is 5.32 Å². The van der Waals surface area contributed by atoms with Gasteiger partial charge in [-0.05, 0) is 45.7 Å². The van der Waals surface area contributed by atoms with Crippen LogP contribution >= 0.6 is 0 Å². The Bertz CT molecular complexity index is 369. The third-order valence-corrected chi connectivity index (χ3v) is 4.63. The minimum atomic E-state index is -0.740. The maximum absolute atomic E-state index is 12.6. The number of aliphatic carboxylic acids is 1. The van der Waals surface area contributed by atoms with E-state index in [0.29, 0.717) is 25.4 Å². The lowest BCUT2D eigenvalue weighted by molar-refractivity contribution is -0.143. The Morgan fingerprint density at radius 2 is 1.90 bits per heavy atom. The lowest BCUT2D eigenvalue weighted by Gasteiger charge is -2.41. The van der Waals surface area contributed by atoms with Crippen molar-refractivity contribution in [2.45, 2.75) is 44.7 Å². The average Bonchev–Trinajstić information content (AvgIpc) is 2.46. The van der Waals surface area contributed by atoms with Gasteiger partial charge in [0.15, 0.2) is 0 Å².